The van der Waals surface area contributed by atoms with Gasteiger partial charge in [-0.1, -0.05) is 0 Å². The molecule has 1 aliphatic rings. The van der Waals surface area contributed by atoms with Crippen molar-refractivity contribution >= 4 is 23.3 Å². The van der Waals surface area contributed by atoms with Crippen LogP contribution in [0.3, 0.4) is 0 Å². The quantitative estimate of drug-likeness (QED) is 0.456. The third-order valence-electron chi connectivity index (χ3n) is 4.01. The van der Waals surface area contributed by atoms with E-state index in [0.717, 1.165) is 25.3 Å². The van der Waals surface area contributed by atoms with Crippen LogP contribution in [0.25, 0.3) is 0 Å². The molecular weight excluding hydrogens is 371 g/mol. The van der Waals surface area contributed by atoms with E-state index in [1.54, 1.807) is 4.90 Å². The molecule has 1 fully saturated rings. The highest BCUT2D eigenvalue weighted by atomic mass is 19.4. The molecule has 11 heteroatoms. The number of benzene rings is 1. The molecule has 1 amide bonds. The van der Waals surface area contributed by atoms with Crippen LogP contribution in [0.5, 0.6) is 0 Å². The number of esters is 1. The van der Waals surface area contributed by atoms with Gasteiger partial charge in [-0.2, -0.15) is 13.2 Å². The number of hydrogen-bond acceptors (Lipinski definition) is 6. The van der Waals surface area contributed by atoms with Gasteiger partial charge >= 0.3 is 12.1 Å². The molecule has 0 saturated carbocycles. The number of nitrogens with one attached hydrogen (secondary N) is 1. The standard InChI is InChI=1S/C16H18F3N3O5/c17-16(18,19)11-4-5-12(13(8-11)22(25)26)20-9-15(24)27-10-14(23)21-6-2-1-3-7-21/h4-5,8,20H,1-3,6-7,9-10H2. The highest BCUT2D eigenvalue weighted by Gasteiger charge is 2.33. The minimum Gasteiger partial charge on any atom is -0.454 e. The maximum Gasteiger partial charge on any atom is 0.416 e. The number of amides is 1. The molecule has 0 unspecified atom stereocenters. The number of piperidine rings is 1. The van der Waals surface area contributed by atoms with Crippen LogP contribution in [0.1, 0.15) is 24.8 Å². The fourth-order valence-electron chi connectivity index (χ4n) is 2.60. The second-order valence-electron chi connectivity index (χ2n) is 5.94. The second kappa shape index (κ2) is 8.69. The van der Waals surface area contributed by atoms with Crippen LogP contribution in [0.2, 0.25) is 0 Å². The summed E-state index contributed by atoms with van der Waals surface area (Å²) in [5.74, 6) is -1.18. The Hall–Kier alpha value is -2.85. The molecule has 0 radical (unpaired) electrons. The fourth-order valence-corrected chi connectivity index (χ4v) is 2.60. The van der Waals surface area contributed by atoms with E-state index in [1.165, 1.54) is 0 Å². The van der Waals surface area contributed by atoms with Gasteiger partial charge in [0.05, 0.1) is 10.5 Å². The zero-order chi connectivity index (χ0) is 20.0. The largest absolute Gasteiger partial charge is 0.454 e. The molecule has 1 N–H and O–H groups in total. The average molecular weight is 389 g/mol. The molecule has 0 spiro atoms. The van der Waals surface area contributed by atoms with Crippen molar-refractivity contribution in [3.63, 3.8) is 0 Å². The van der Waals surface area contributed by atoms with Crippen LogP contribution >= 0.6 is 0 Å². The van der Waals surface area contributed by atoms with E-state index in [4.69, 9.17) is 4.74 Å². The maximum atomic E-state index is 12.7. The summed E-state index contributed by atoms with van der Waals surface area (Å²) in [6.07, 6.45) is -1.91. The summed E-state index contributed by atoms with van der Waals surface area (Å²) in [5.41, 5.74) is -2.25. The van der Waals surface area contributed by atoms with Crippen LogP contribution in [0.15, 0.2) is 18.2 Å². The summed E-state index contributed by atoms with van der Waals surface area (Å²) in [4.78, 5) is 35.2. The summed E-state index contributed by atoms with van der Waals surface area (Å²) in [6.45, 7) is 0.230. The third-order valence-corrected chi connectivity index (χ3v) is 4.01. The van der Waals surface area contributed by atoms with Gasteiger partial charge in [-0.05, 0) is 31.4 Å². The van der Waals surface area contributed by atoms with Gasteiger partial charge in [0.25, 0.3) is 11.6 Å². The molecule has 27 heavy (non-hydrogen) atoms. The molecule has 1 aliphatic heterocycles. The second-order valence-corrected chi connectivity index (χ2v) is 5.94. The van der Waals surface area contributed by atoms with Crippen LogP contribution in [0, 0.1) is 10.1 Å². The Morgan fingerprint density at radius 3 is 2.48 bits per heavy atom. The van der Waals surface area contributed by atoms with E-state index in [-0.39, 0.29) is 11.6 Å². The number of nitrogens with zero attached hydrogens (tertiary/aromatic N) is 2. The van der Waals surface area contributed by atoms with Crippen molar-refractivity contribution in [1.29, 1.82) is 0 Å². The number of anilines is 1. The Labute approximate surface area is 152 Å². The lowest BCUT2D eigenvalue weighted by atomic mass is 10.1. The molecule has 0 aliphatic carbocycles. The number of ether oxygens (including phenoxy) is 1. The molecule has 1 saturated heterocycles. The first-order valence-electron chi connectivity index (χ1n) is 8.21. The number of nitro benzene ring substituents is 1. The highest BCUT2D eigenvalue weighted by molar-refractivity contribution is 5.82. The smallest absolute Gasteiger partial charge is 0.416 e. The molecular formula is C16H18F3N3O5. The van der Waals surface area contributed by atoms with Crippen LogP contribution in [0.4, 0.5) is 24.5 Å². The number of halogens is 3. The van der Waals surface area contributed by atoms with Crippen molar-refractivity contribution in [3.05, 3.63) is 33.9 Å². The average Bonchev–Trinajstić information content (AvgIpc) is 2.64. The number of carbonyl (C=O) groups is 2. The van der Waals surface area contributed by atoms with Crippen molar-refractivity contribution in [2.24, 2.45) is 0 Å². The minimum atomic E-state index is -4.73. The fraction of sp³-hybridized carbons (Fsp3) is 0.500. The normalized spacial score (nSPS) is 14.6. The predicted molar refractivity (Wildman–Crippen MR) is 88.0 cm³/mol. The molecule has 1 aromatic rings. The zero-order valence-corrected chi connectivity index (χ0v) is 14.3. The van der Waals surface area contributed by atoms with Crippen molar-refractivity contribution in [1.82, 2.24) is 4.90 Å². The van der Waals surface area contributed by atoms with Gasteiger partial charge in [-0.25, -0.2) is 0 Å². The molecule has 2 rings (SSSR count). The lowest BCUT2D eigenvalue weighted by Crippen LogP contribution is -2.38. The first-order chi connectivity index (χ1) is 12.7. The number of likely N-dealkylation sites (tertiary alicyclic amines) is 1. The first-order valence-corrected chi connectivity index (χ1v) is 8.21. The van der Waals surface area contributed by atoms with Crippen LogP contribution in [-0.2, 0) is 20.5 Å². The monoisotopic (exact) mass is 389 g/mol. The van der Waals surface area contributed by atoms with E-state index < -0.39 is 41.5 Å². The minimum absolute atomic E-state index is 0.257. The van der Waals surface area contributed by atoms with Gasteiger partial charge < -0.3 is 15.0 Å². The Balaban J connectivity index is 1.90. The van der Waals surface area contributed by atoms with E-state index in [0.29, 0.717) is 25.2 Å². The number of alkyl halides is 3. The van der Waals surface area contributed by atoms with Gasteiger partial charge in [0.1, 0.15) is 12.2 Å². The van der Waals surface area contributed by atoms with E-state index in [1.807, 2.05) is 0 Å². The summed E-state index contributed by atoms with van der Waals surface area (Å²) < 4.78 is 42.8. The van der Waals surface area contributed by atoms with Crippen LogP contribution in [-0.4, -0.2) is 47.9 Å². The van der Waals surface area contributed by atoms with Crippen molar-refractivity contribution in [2.45, 2.75) is 25.4 Å². The molecule has 148 valence electrons. The predicted octanol–water partition coefficient (Wildman–Crippen LogP) is 2.58. The molecule has 1 heterocycles. The zero-order valence-electron chi connectivity index (χ0n) is 14.3. The number of nitro groups is 1. The molecule has 8 nitrogen and oxygen atoms in total. The van der Waals surface area contributed by atoms with Crippen molar-refractivity contribution in [3.8, 4) is 0 Å². The van der Waals surface area contributed by atoms with E-state index >= 15 is 0 Å². The highest BCUT2D eigenvalue weighted by Crippen LogP contribution is 2.34. The lowest BCUT2D eigenvalue weighted by molar-refractivity contribution is -0.384. The number of hydrogen-bond donors (Lipinski definition) is 1. The van der Waals surface area contributed by atoms with Gasteiger partial charge in [0.15, 0.2) is 6.61 Å². The van der Waals surface area contributed by atoms with E-state index in [9.17, 15) is 32.9 Å². The van der Waals surface area contributed by atoms with Gasteiger partial charge in [0.2, 0.25) is 0 Å². The molecule has 0 bridgehead atoms. The third kappa shape index (κ3) is 5.83. The summed E-state index contributed by atoms with van der Waals surface area (Å²) in [5, 5.41) is 13.3. The molecule has 0 aromatic heterocycles. The number of carbonyl (C=O) groups excluding carboxylic acids is 2. The van der Waals surface area contributed by atoms with Gasteiger partial charge in [-0.15, -0.1) is 0 Å². The van der Waals surface area contributed by atoms with Crippen molar-refractivity contribution in [2.75, 3.05) is 31.6 Å². The summed E-state index contributed by atoms with van der Waals surface area (Å²) >= 11 is 0. The molecule has 1 aromatic carbocycles. The van der Waals surface area contributed by atoms with Gasteiger partial charge in [-0.3, -0.25) is 19.7 Å². The Morgan fingerprint density at radius 2 is 1.89 bits per heavy atom. The Bertz CT molecular complexity index is 718. The van der Waals surface area contributed by atoms with Crippen molar-refractivity contribution < 1.29 is 32.4 Å². The van der Waals surface area contributed by atoms with Gasteiger partial charge in [0, 0.05) is 19.2 Å². The lowest BCUT2D eigenvalue weighted by Gasteiger charge is -2.26. The SMILES string of the molecule is O=C(CNc1ccc(C(F)(F)F)cc1[N+](=O)[O-])OCC(=O)N1CCCCC1. The Kier molecular flexibility index (Phi) is 6.59. The maximum absolute atomic E-state index is 12.7. The molecule has 0 atom stereocenters. The summed E-state index contributed by atoms with van der Waals surface area (Å²) in [7, 11) is 0. The Morgan fingerprint density at radius 1 is 1.22 bits per heavy atom. The number of rotatable bonds is 6. The summed E-state index contributed by atoms with van der Waals surface area (Å²) in [6, 6.07) is 1.92. The van der Waals surface area contributed by atoms with E-state index in [2.05, 4.69) is 5.32 Å². The topological polar surface area (TPSA) is 102 Å². The first kappa shape index (κ1) is 20.5. The van der Waals surface area contributed by atoms with Crippen LogP contribution < -0.4 is 5.32 Å².